The van der Waals surface area contributed by atoms with Crippen LogP contribution in [0.4, 0.5) is 5.69 Å². The summed E-state index contributed by atoms with van der Waals surface area (Å²) in [6, 6.07) is 12.8. The summed E-state index contributed by atoms with van der Waals surface area (Å²) in [4.78, 5) is 11.4. The number of ketones is 1. The number of carbonyl (C=O) groups is 1. The molecule has 0 radical (unpaired) electrons. The summed E-state index contributed by atoms with van der Waals surface area (Å²) in [5.74, 6) is -0.00274. The molecule has 0 spiro atoms. The zero-order chi connectivity index (χ0) is 13.8. The molecule has 1 N–H and O–H groups in total. The van der Waals surface area contributed by atoms with Gasteiger partial charge in [-0.2, -0.15) is 0 Å². The Morgan fingerprint density at radius 2 is 1.74 bits per heavy atom. The number of nitrogens with one attached hydrogen (secondary N) is 1. The van der Waals surface area contributed by atoms with Crippen molar-refractivity contribution in [1.82, 2.24) is 0 Å². The number of anilines is 1. The Balaban J connectivity index is 2.11. The first kappa shape index (κ1) is 13.9. The Labute approximate surface area is 122 Å². The van der Waals surface area contributed by atoms with E-state index in [0.717, 1.165) is 11.3 Å². The van der Waals surface area contributed by atoms with E-state index in [-0.39, 0.29) is 5.78 Å². The first-order valence-corrected chi connectivity index (χ1v) is 6.60. The van der Waals surface area contributed by atoms with Crippen LogP contribution >= 0.6 is 23.2 Å². The highest BCUT2D eigenvalue weighted by molar-refractivity contribution is 6.31. The van der Waals surface area contributed by atoms with Crippen molar-refractivity contribution in [2.45, 2.75) is 13.5 Å². The third kappa shape index (κ3) is 3.98. The van der Waals surface area contributed by atoms with Gasteiger partial charge in [0.05, 0.1) is 0 Å². The highest BCUT2D eigenvalue weighted by Gasteiger charge is 2.03. The lowest BCUT2D eigenvalue weighted by molar-refractivity contribution is 0.101. The lowest BCUT2D eigenvalue weighted by Gasteiger charge is -2.08. The largest absolute Gasteiger partial charge is 0.381 e. The summed E-state index contributed by atoms with van der Waals surface area (Å²) in [6.45, 7) is 2.17. The molecule has 4 heteroatoms. The first-order chi connectivity index (χ1) is 9.04. The fourth-order valence-corrected chi connectivity index (χ4v) is 2.06. The van der Waals surface area contributed by atoms with Crippen LogP contribution < -0.4 is 5.32 Å². The minimum Gasteiger partial charge on any atom is -0.381 e. The van der Waals surface area contributed by atoms with Crippen molar-refractivity contribution in [2.75, 3.05) is 5.32 Å². The number of benzene rings is 2. The van der Waals surface area contributed by atoms with E-state index in [0.29, 0.717) is 22.2 Å². The number of halogens is 2. The topological polar surface area (TPSA) is 29.1 Å². The number of hydrogen-bond acceptors (Lipinski definition) is 2. The van der Waals surface area contributed by atoms with Gasteiger partial charge in [-0.25, -0.2) is 0 Å². The fraction of sp³-hybridized carbons (Fsp3) is 0.133. The normalized spacial score (nSPS) is 10.3. The monoisotopic (exact) mass is 293 g/mol. The minimum atomic E-state index is -0.00274. The van der Waals surface area contributed by atoms with Crippen LogP contribution in [-0.2, 0) is 6.54 Å². The molecule has 0 aliphatic heterocycles. The summed E-state index contributed by atoms with van der Waals surface area (Å²) in [7, 11) is 0. The molecule has 0 aliphatic carbocycles. The smallest absolute Gasteiger partial charge is 0.159 e. The average Bonchev–Trinajstić information content (AvgIpc) is 2.37. The molecule has 2 nitrogen and oxygen atoms in total. The van der Waals surface area contributed by atoms with Crippen molar-refractivity contribution in [2.24, 2.45) is 0 Å². The van der Waals surface area contributed by atoms with Gasteiger partial charge in [0.15, 0.2) is 5.78 Å². The maximum absolute atomic E-state index is 11.4. The van der Waals surface area contributed by atoms with Gasteiger partial charge in [0.1, 0.15) is 0 Å². The Hall–Kier alpha value is -1.51. The maximum Gasteiger partial charge on any atom is 0.159 e. The van der Waals surface area contributed by atoms with Crippen molar-refractivity contribution < 1.29 is 4.79 Å². The third-order valence-corrected chi connectivity index (χ3v) is 3.18. The molecule has 0 atom stereocenters. The molecule has 0 fully saturated rings. The zero-order valence-corrected chi connectivity index (χ0v) is 11.9. The van der Waals surface area contributed by atoms with Crippen LogP contribution in [0.3, 0.4) is 0 Å². The van der Waals surface area contributed by atoms with Gasteiger partial charge < -0.3 is 5.32 Å². The third-order valence-electron chi connectivity index (χ3n) is 2.71. The molecule has 19 heavy (non-hydrogen) atoms. The highest BCUT2D eigenvalue weighted by atomic mass is 35.5. The molecule has 0 unspecified atom stereocenters. The predicted octanol–water partition coefficient (Wildman–Crippen LogP) is 4.81. The maximum atomic E-state index is 11.4. The van der Waals surface area contributed by atoms with E-state index >= 15 is 0 Å². The summed E-state index contributed by atoms with van der Waals surface area (Å²) >= 11 is 11.8. The van der Waals surface area contributed by atoms with E-state index in [2.05, 4.69) is 5.32 Å². The van der Waals surface area contributed by atoms with E-state index in [1.165, 1.54) is 6.92 Å². The number of carbonyl (C=O) groups excluding carboxylic acids is 1. The summed E-state index contributed by atoms with van der Waals surface area (Å²) in [6.07, 6.45) is 0. The van der Waals surface area contributed by atoms with Crippen molar-refractivity contribution >= 4 is 34.7 Å². The second kappa shape index (κ2) is 6.09. The summed E-state index contributed by atoms with van der Waals surface area (Å²) in [5.41, 5.74) is 2.53. The van der Waals surface area contributed by atoms with Crippen LogP contribution in [0.2, 0.25) is 10.0 Å². The van der Waals surface area contributed by atoms with Crippen molar-refractivity contribution in [3.8, 4) is 0 Å². The van der Waals surface area contributed by atoms with Gasteiger partial charge in [0.2, 0.25) is 0 Å². The van der Waals surface area contributed by atoms with E-state index in [9.17, 15) is 4.79 Å². The van der Waals surface area contributed by atoms with E-state index < -0.39 is 0 Å². The summed E-state index contributed by atoms with van der Waals surface area (Å²) in [5, 5.41) is 4.50. The van der Waals surface area contributed by atoms with Crippen molar-refractivity contribution in [1.29, 1.82) is 0 Å². The van der Waals surface area contributed by atoms with Crippen LogP contribution in [0.5, 0.6) is 0 Å². The van der Waals surface area contributed by atoms with Crippen LogP contribution in [0.1, 0.15) is 22.8 Å². The van der Waals surface area contributed by atoms with E-state index in [4.69, 9.17) is 23.2 Å². The van der Waals surface area contributed by atoms with Gasteiger partial charge in [-0.3, -0.25) is 4.79 Å². The van der Waals surface area contributed by atoms with Gasteiger partial charge in [-0.1, -0.05) is 35.3 Å². The predicted molar refractivity (Wildman–Crippen MR) is 80.2 cm³/mol. The van der Waals surface area contributed by atoms with Gasteiger partial charge in [0.25, 0.3) is 0 Å². The molecule has 2 rings (SSSR count). The standard InChI is InChI=1S/C15H13Cl2NO/c1-10(19)12-6-14(17)8-15(7-12)18-9-11-2-4-13(16)5-3-11/h2-8,18H,9H2,1H3. The Bertz CT molecular complexity index is 594. The highest BCUT2D eigenvalue weighted by Crippen LogP contribution is 2.20. The minimum absolute atomic E-state index is 0.00274. The molecule has 0 saturated heterocycles. The van der Waals surface area contributed by atoms with Crippen molar-refractivity contribution in [3.63, 3.8) is 0 Å². The van der Waals surface area contributed by atoms with Crippen LogP contribution in [0, 0.1) is 0 Å². The number of hydrogen-bond donors (Lipinski definition) is 1. The van der Waals surface area contributed by atoms with Crippen LogP contribution in [-0.4, -0.2) is 5.78 Å². The molecular formula is C15H13Cl2NO. The molecule has 2 aromatic carbocycles. The molecule has 0 aromatic heterocycles. The van der Waals surface area contributed by atoms with Crippen LogP contribution in [0.15, 0.2) is 42.5 Å². The van der Waals surface area contributed by atoms with Gasteiger partial charge in [0, 0.05) is 27.8 Å². The second-order valence-corrected chi connectivity index (χ2v) is 5.14. The molecule has 0 heterocycles. The molecule has 2 aromatic rings. The van der Waals surface area contributed by atoms with Crippen LogP contribution in [0.25, 0.3) is 0 Å². The SMILES string of the molecule is CC(=O)c1cc(Cl)cc(NCc2ccc(Cl)cc2)c1. The quantitative estimate of drug-likeness (QED) is 0.820. The molecule has 0 amide bonds. The average molecular weight is 294 g/mol. The van der Waals surface area contributed by atoms with Gasteiger partial charge >= 0.3 is 0 Å². The zero-order valence-electron chi connectivity index (χ0n) is 10.4. The van der Waals surface area contributed by atoms with E-state index in [1.807, 2.05) is 24.3 Å². The first-order valence-electron chi connectivity index (χ1n) is 5.84. The molecule has 0 bridgehead atoms. The van der Waals surface area contributed by atoms with Gasteiger partial charge in [-0.15, -0.1) is 0 Å². The lowest BCUT2D eigenvalue weighted by atomic mass is 10.1. The number of rotatable bonds is 4. The summed E-state index contributed by atoms with van der Waals surface area (Å²) < 4.78 is 0. The molecule has 0 saturated carbocycles. The van der Waals surface area contributed by atoms with Gasteiger partial charge in [-0.05, 0) is 42.8 Å². The molecular weight excluding hydrogens is 281 g/mol. The van der Waals surface area contributed by atoms with E-state index in [1.54, 1.807) is 18.2 Å². The Kier molecular flexibility index (Phi) is 4.46. The molecule has 0 aliphatic rings. The Morgan fingerprint density at radius 3 is 2.37 bits per heavy atom. The fourth-order valence-electron chi connectivity index (χ4n) is 1.70. The lowest BCUT2D eigenvalue weighted by Crippen LogP contribution is -2.01. The van der Waals surface area contributed by atoms with Crippen molar-refractivity contribution in [3.05, 3.63) is 63.6 Å². The second-order valence-electron chi connectivity index (χ2n) is 4.26. The molecule has 98 valence electrons. The Morgan fingerprint density at radius 1 is 1.05 bits per heavy atom. The number of Topliss-reactive ketones (excluding diaryl/α,β-unsaturated/α-hetero) is 1.